The zero-order chi connectivity index (χ0) is 22.9. The van der Waals surface area contributed by atoms with Gasteiger partial charge < -0.3 is 10.2 Å². The van der Waals surface area contributed by atoms with E-state index in [9.17, 15) is 9.59 Å². The molecule has 0 heterocycles. The number of aryl methyl sites for hydroxylation is 1. The Hall–Kier alpha value is -3.91. The fourth-order valence-electron chi connectivity index (χ4n) is 3.62. The number of hydrogen-bond acceptors (Lipinski definition) is 3. The van der Waals surface area contributed by atoms with Gasteiger partial charge >= 0.3 is 0 Å². The lowest BCUT2D eigenvalue weighted by molar-refractivity contribution is -0.134. The molecule has 0 fully saturated rings. The van der Waals surface area contributed by atoms with Crippen molar-refractivity contribution in [2.45, 2.75) is 39.3 Å². The number of rotatable bonds is 8. The summed E-state index contributed by atoms with van der Waals surface area (Å²) in [5.74, 6) is -0.0786. The molecule has 0 aliphatic rings. The van der Waals surface area contributed by atoms with Crippen molar-refractivity contribution in [3.8, 4) is 6.07 Å². The van der Waals surface area contributed by atoms with Crippen molar-refractivity contribution in [2.75, 3.05) is 5.32 Å². The molecule has 5 nitrogen and oxygen atoms in total. The maximum atomic E-state index is 13.3. The Morgan fingerprint density at radius 2 is 1.69 bits per heavy atom. The first-order chi connectivity index (χ1) is 15.5. The van der Waals surface area contributed by atoms with Gasteiger partial charge in [0, 0.05) is 25.6 Å². The minimum atomic E-state index is -0.169. The van der Waals surface area contributed by atoms with E-state index in [1.54, 1.807) is 12.1 Å². The summed E-state index contributed by atoms with van der Waals surface area (Å²) in [4.78, 5) is 26.7. The number of carbonyl (C=O) groups is 2. The van der Waals surface area contributed by atoms with Gasteiger partial charge in [-0.15, -0.1) is 0 Å². The van der Waals surface area contributed by atoms with Crippen LogP contribution in [0.3, 0.4) is 0 Å². The summed E-state index contributed by atoms with van der Waals surface area (Å²) in [5, 5.41) is 11.8. The predicted octanol–water partition coefficient (Wildman–Crippen LogP) is 5.24. The van der Waals surface area contributed by atoms with Gasteiger partial charge in [0.25, 0.3) is 0 Å². The van der Waals surface area contributed by atoms with Crippen molar-refractivity contribution in [1.82, 2.24) is 4.90 Å². The molecule has 0 bridgehead atoms. The fraction of sp³-hybridized carbons (Fsp3) is 0.222. The molecule has 1 N–H and O–H groups in total. The number of nitrogens with one attached hydrogen (secondary N) is 1. The van der Waals surface area contributed by atoms with Crippen LogP contribution in [0.15, 0.2) is 78.9 Å². The summed E-state index contributed by atoms with van der Waals surface area (Å²) in [6, 6.07) is 26.8. The highest BCUT2D eigenvalue weighted by Crippen LogP contribution is 2.26. The molecule has 0 saturated carbocycles. The second kappa shape index (κ2) is 10.9. The van der Waals surface area contributed by atoms with Crippen molar-refractivity contribution in [3.05, 3.63) is 101 Å². The third-order valence-electron chi connectivity index (χ3n) is 5.38. The predicted molar refractivity (Wildman–Crippen MR) is 126 cm³/mol. The zero-order valence-corrected chi connectivity index (χ0v) is 18.4. The monoisotopic (exact) mass is 425 g/mol. The van der Waals surface area contributed by atoms with Crippen LogP contribution in [-0.4, -0.2) is 16.7 Å². The second-order valence-corrected chi connectivity index (χ2v) is 7.80. The maximum Gasteiger partial charge on any atom is 0.223 e. The lowest BCUT2D eigenvalue weighted by Crippen LogP contribution is -2.33. The quantitative estimate of drug-likeness (QED) is 0.536. The smallest absolute Gasteiger partial charge is 0.223 e. The minimum Gasteiger partial charge on any atom is -0.332 e. The molecule has 3 aromatic carbocycles. The van der Waals surface area contributed by atoms with E-state index in [-0.39, 0.29) is 17.9 Å². The van der Waals surface area contributed by atoms with E-state index in [2.05, 4.69) is 11.4 Å². The van der Waals surface area contributed by atoms with Gasteiger partial charge in [-0.05, 0) is 54.3 Å². The van der Waals surface area contributed by atoms with Crippen LogP contribution in [-0.2, 0) is 22.6 Å². The van der Waals surface area contributed by atoms with Crippen LogP contribution in [0.1, 0.15) is 48.6 Å². The van der Waals surface area contributed by atoms with Gasteiger partial charge in [0.1, 0.15) is 0 Å². The summed E-state index contributed by atoms with van der Waals surface area (Å²) >= 11 is 0. The number of benzene rings is 3. The molecule has 0 aromatic heterocycles. The molecule has 0 spiro atoms. The van der Waals surface area contributed by atoms with Crippen molar-refractivity contribution in [3.63, 3.8) is 0 Å². The average Bonchev–Trinajstić information content (AvgIpc) is 2.81. The van der Waals surface area contributed by atoms with Crippen LogP contribution in [0.25, 0.3) is 0 Å². The Bertz CT molecular complexity index is 1100. The molecular weight excluding hydrogens is 398 g/mol. The van der Waals surface area contributed by atoms with Crippen LogP contribution in [0.4, 0.5) is 5.69 Å². The summed E-state index contributed by atoms with van der Waals surface area (Å²) < 4.78 is 0. The van der Waals surface area contributed by atoms with E-state index in [1.807, 2.05) is 78.6 Å². The summed E-state index contributed by atoms with van der Waals surface area (Å²) in [6.07, 6.45) is 0.975. The summed E-state index contributed by atoms with van der Waals surface area (Å²) in [6.45, 7) is 3.98. The molecule has 0 aliphatic heterocycles. The maximum absolute atomic E-state index is 13.3. The summed E-state index contributed by atoms with van der Waals surface area (Å²) in [7, 11) is 0. The van der Waals surface area contributed by atoms with Gasteiger partial charge in [0.2, 0.25) is 11.8 Å². The van der Waals surface area contributed by atoms with Crippen molar-refractivity contribution in [1.29, 1.82) is 5.26 Å². The van der Waals surface area contributed by atoms with Gasteiger partial charge in [-0.2, -0.15) is 5.26 Å². The molecule has 162 valence electrons. The van der Waals surface area contributed by atoms with Gasteiger partial charge in [-0.3, -0.25) is 9.59 Å². The molecule has 0 aliphatic carbocycles. The van der Waals surface area contributed by atoms with E-state index in [0.717, 1.165) is 16.7 Å². The lowest BCUT2D eigenvalue weighted by atomic mass is 10.0. The van der Waals surface area contributed by atoms with Crippen LogP contribution in [0.2, 0.25) is 0 Å². The van der Waals surface area contributed by atoms with Gasteiger partial charge in [0.15, 0.2) is 0 Å². The number of carbonyl (C=O) groups excluding carboxylic acids is 2. The Labute approximate surface area is 189 Å². The number of nitriles is 1. The molecule has 0 radical (unpaired) electrons. The normalized spacial score (nSPS) is 11.3. The second-order valence-electron chi connectivity index (χ2n) is 7.80. The van der Waals surface area contributed by atoms with Gasteiger partial charge in [-0.1, -0.05) is 54.6 Å². The molecule has 2 amide bonds. The third-order valence-corrected chi connectivity index (χ3v) is 5.38. The van der Waals surface area contributed by atoms with E-state index >= 15 is 0 Å². The van der Waals surface area contributed by atoms with Gasteiger partial charge in [-0.25, -0.2) is 0 Å². The van der Waals surface area contributed by atoms with Crippen molar-refractivity contribution in [2.24, 2.45) is 0 Å². The van der Waals surface area contributed by atoms with E-state index in [1.165, 1.54) is 6.92 Å². The SMILES string of the molecule is CC(=O)Nc1cccc(C(C)N(Cc2ccccc2)C(=O)CCc2ccc(C#N)cc2)c1. The molecule has 3 aromatic rings. The standard InChI is InChI=1S/C27H27N3O2/c1-20(25-9-6-10-26(17-25)29-21(2)31)30(19-24-7-4-3-5-8-24)27(32)16-15-22-11-13-23(18-28)14-12-22/h3-14,17,20H,15-16,19H2,1-2H3,(H,29,31). The molecule has 32 heavy (non-hydrogen) atoms. The molecule has 5 heteroatoms. The highest BCUT2D eigenvalue weighted by atomic mass is 16.2. The van der Waals surface area contributed by atoms with E-state index < -0.39 is 0 Å². The largest absolute Gasteiger partial charge is 0.332 e. The van der Waals surface area contributed by atoms with Crippen LogP contribution >= 0.6 is 0 Å². The average molecular weight is 426 g/mol. The number of hydrogen-bond donors (Lipinski definition) is 1. The number of amides is 2. The molecule has 1 unspecified atom stereocenters. The zero-order valence-electron chi connectivity index (χ0n) is 18.4. The molecular formula is C27H27N3O2. The topological polar surface area (TPSA) is 73.2 Å². The van der Waals surface area contributed by atoms with E-state index in [4.69, 9.17) is 5.26 Å². The van der Waals surface area contributed by atoms with Crippen LogP contribution < -0.4 is 5.32 Å². The molecule has 1 atom stereocenters. The molecule has 3 rings (SSSR count). The Balaban J connectivity index is 1.79. The van der Waals surface area contributed by atoms with Crippen LogP contribution in [0.5, 0.6) is 0 Å². The fourth-order valence-corrected chi connectivity index (χ4v) is 3.62. The van der Waals surface area contributed by atoms with Crippen molar-refractivity contribution >= 4 is 17.5 Å². The first-order valence-electron chi connectivity index (χ1n) is 10.7. The lowest BCUT2D eigenvalue weighted by Gasteiger charge is -2.30. The number of nitrogens with zero attached hydrogens (tertiary/aromatic N) is 2. The first-order valence-corrected chi connectivity index (χ1v) is 10.7. The minimum absolute atomic E-state index is 0.0515. The summed E-state index contributed by atoms with van der Waals surface area (Å²) in [5.41, 5.74) is 4.37. The van der Waals surface area contributed by atoms with E-state index in [0.29, 0.717) is 30.6 Å². The third kappa shape index (κ3) is 6.29. The van der Waals surface area contributed by atoms with Crippen LogP contribution in [0, 0.1) is 11.3 Å². The highest BCUT2D eigenvalue weighted by molar-refractivity contribution is 5.88. The van der Waals surface area contributed by atoms with Gasteiger partial charge in [0.05, 0.1) is 17.7 Å². The Kier molecular flexibility index (Phi) is 7.77. The highest BCUT2D eigenvalue weighted by Gasteiger charge is 2.22. The molecule has 0 saturated heterocycles. The van der Waals surface area contributed by atoms with Crippen molar-refractivity contribution < 1.29 is 9.59 Å². The Morgan fingerprint density at radius 3 is 2.34 bits per heavy atom. The Morgan fingerprint density at radius 1 is 0.969 bits per heavy atom. The first kappa shape index (κ1) is 22.8. The number of anilines is 1.